The molecule has 1 aliphatic carbocycles. The van der Waals surface area contributed by atoms with Gasteiger partial charge in [0, 0.05) is 23.9 Å². The molecule has 0 amide bonds. The van der Waals surface area contributed by atoms with Crippen LogP contribution in [0.4, 0.5) is 0 Å². The van der Waals surface area contributed by atoms with Gasteiger partial charge in [-0.1, -0.05) is 0 Å². The van der Waals surface area contributed by atoms with Crippen LogP contribution in [0.25, 0.3) is 10.6 Å². The monoisotopic (exact) mass is 260 g/mol. The van der Waals surface area contributed by atoms with Crippen LogP contribution >= 0.6 is 11.3 Å². The van der Waals surface area contributed by atoms with E-state index in [1.807, 2.05) is 32.2 Å². The van der Waals surface area contributed by atoms with E-state index < -0.39 is 5.60 Å². The van der Waals surface area contributed by atoms with E-state index in [0.717, 1.165) is 21.1 Å². The second kappa shape index (κ2) is 4.14. The Hall–Kier alpha value is -1.26. The van der Waals surface area contributed by atoms with Gasteiger partial charge in [0.1, 0.15) is 5.01 Å². The van der Waals surface area contributed by atoms with E-state index in [1.54, 1.807) is 17.5 Å². The van der Waals surface area contributed by atoms with Crippen LogP contribution in [-0.4, -0.2) is 15.1 Å². The molecule has 0 aromatic carbocycles. The Morgan fingerprint density at radius 2 is 2.17 bits per heavy atom. The van der Waals surface area contributed by atoms with Gasteiger partial charge in [0.25, 0.3) is 0 Å². The third kappa shape index (κ3) is 2.18. The van der Waals surface area contributed by atoms with Crippen molar-refractivity contribution >= 4 is 11.3 Å². The van der Waals surface area contributed by atoms with Gasteiger partial charge in [0.05, 0.1) is 16.2 Å². The number of pyridine rings is 1. The van der Waals surface area contributed by atoms with Crippen LogP contribution in [0.2, 0.25) is 0 Å². The molecule has 4 heteroatoms. The number of thiazole rings is 1. The van der Waals surface area contributed by atoms with E-state index in [9.17, 15) is 5.11 Å². The average molecular weight is 260 g/mol. The van der Waals surface area contributed by atoms with E-state index >= 15 is 0 Å². The molecule has 18 heavy (non-hydrogen) atoms. The molecule has 0 aliphatic heterocycles. The fourth-order valence-electron chi connectivity index (χ4n) is 2.02. The Labute approximate surface area is 111 Å². The van der Waals surface area contributed by atoms with Gasteiger partial charge in [-0.15, -0.1) is 11.3 Å². The van der Waals surface area contributed by atoms with Crippen molar-refractivity contribution in [2.75, 3.05) is 0 Å². The van der Waals surface area contributed by atoms with Crippen LogP contribution in [0.5, 0.6) is 0 Å². The van der Waals surface area contributed by atoms with Crippen molar-refractivity contribution in [2.45, 2.75) is 38.2 Å². The Kier molecular flexibility index (Phi) is 2.72. The Balaban J connectivity index is 2.08. The molecule has 0 radical (unpaired) electrons. The lowest BCUT2D eigenvalue weighted by Gasteiger charge is -2.16. The highest BCUT2D eigenvalue weighted by Gasteiger charge is 2.34. The molecule has 2 heterocycles. The second-order valence-electron chi connectivity index (χ2n) is 5.31. The summed E-state index contributed by atoms with van der Waals surface area (Å²) in [6.07, 6.45) is 5.97. The van der Waals surface area contributed by atoms with Gasteiger partial charge in [-0.3, -0.25) is 4.98 Å². The quantitative estimate of drug-likeness (QED) is 0.921. The molecule has 0 spiro atoms. The highest BCUT2D eigenvalue weighted by Crippen LogP contribution is 2.46. The molecule has 0 atom stereocenters. The van der Waals surface area contributed by atoms with E-state index in [4.69, 9.17) is 4.98 Å². The smallest absolute Gasteiger partial charge is 0.125 e. The van der Waals surface area contributed by atoms with E-state index in [2.05, 4.69) is 4.98 Å². The minimum absolute atomic E-state index is 0.549. The number of hydrogen-bond acceptors (Lipinski definition) is 4. The van der Waals surface area contributed by atoms with E-state index in [1.165, 1.54) is 12.8 Å². The van der Waals surface area contributed by atoms with Gasteiger partial charge in [0.2, 0.25) is 0 Å². The topological polar surface area (TPSA) is 46.0 Å². The maximum Gasteiger partial charge on any atom is 0.125 e. The third-order valence-electron chi connectivity index (χ3n) is 3.08. The summed E-state index contributed by atoms with van der Waals surface area (Å²) >= 11 is 1.59. The SMILES string of the molecule is CC(C)(O)c1sc(-c2cccnc2)nc1C1CC1. The van der Waals surface area contributed by atoms with Crippen molar-refractivity contribution in [3.05, 3.63) is 35.1 Å². The maximum atomic E-state index is 10.3. The van der Waals surface area contributed by atoms with Crippen molar-refractivity contribution in [2.24, 2.45) is 0 Å². The number of hydrogen-bond donors (Lipinski definition) is 1. The van der Waals surface area contributed by atoms with Crippen molar-refractivity contribution < 1.29 is 5.11 Å². The van der Waals surface area contributed by atoms with E-state index in [0.29, 0.717) is 5.92 Å². The van der Waals surface area contributed by atoms with Crippen LogP contribution < -0.4 is 0 Å². The molecule has 94 valence electrons. The molecule has 2 aromatic heterocycles. The highest BCUT2D eigenvalue weighted by molar-refractivity contribution is 7.15. The fourth-order valence-corrected chi connectivity index (χ4v) is 3.16. The lowest BCUT2D eigenvalue weighted by atomic mass is 10.0. The third-order valence-corrected chi connectivity index (χ3v) is 4.51. The summed E-state index contributed by atoms with van der Waals surface area (Å²) in [4.78, 5) is 9.86. The number of nitrogens with zero attached hydrogens (tertiary/aromatic N) is 2. The fraction of sp³-hybridized carbons (Fsp3) is 0.429. The van der Waals surface area contributed by atoms with Crippen LogP contribution in [0.15, 0.2) is 24.5 Å². The van der Waals surface area contributed by atoms with Crippen LogP contribution in [0.1, 0.15) is 43.2 Å². The van der Waals surface area contributed by atoms with Gasteiger partial charge < -0.3 is 5.11 Å². The first kappa shape index (κ1) is 11.8. The summed E-state index contributed by atoms with van der Waals surface area (Å²) in [5, 5.41) is 11.2. The lowest BCUT2D eigenvalue weighted by Crippen LogP contribution is -2.15. The first-order valence-electron chi connectivity index (χ1n) is 6.19. The minimum atomic E-state index is -0.809. The summed E-state index contributed by atoms with van der Waals surface area (Å²) in [5.41, 5.74) is 1.31. The van der Waals surface area contributed by atoms with Crippen LogP contribution in [-0.2, 0) is 5.60 Å². The second-order valence-corrected chi connectivity index (χ2v) is 6.31. The number of aliphatic hydroxyl groups is 1. The van der Waals surface area contributed by atoms with Gasteiger partial charge in [-0.25, -0.2) is 4.98 Å². The van der Waals surface area contributed by atoms with Gasteiger partial charge in [-0.2, -0.15) is 0 Å². The summed E-state index contributed by atoms with van der Waals surface area (Å²) in [7, 11) is 0. The molecular formula is C14H16N2OS. The van der Waals surface area contributed by atoms with Crippen molar-refractivity contribution in [1.82, 2.24) is 9.97 Å². The zero-order valence-corrected chi connectivity index (χ0v) is 11.4. The molecule has 0 unspecified atom stereocenters. The van der Waals surface area contributed by atoms with Crippen molar-refractivity contribution in [1.29, 1.82) is 0 Å². The summed E-state index contributed by atoms with van der Waals surface area (Å²) in [5.74, 6) is 0.549. The molecule has 1 N–H and O–H groups in total. The Morgan fingerprint density at radius 3 is 2.72 bits per heavy atom. The number of rotatable bonds is 3. The molecule has 2 aromatic rings. The first-order valence-corrected chi connectivity index (χ1v) is 7.01. The molecule has 0 bridgehead atoms. The molecule has 1 fully saturated rings. The first-order chi connectivity index (χ1) is 8.55. The Morgan fingerprint density at radius 1 is 1.39 bits per heavy atom. The minimum Gasteiger partial charge on any atom is -0.385 e. The number of aromatic nitrogens is 2. The lowest BCUT2D eigenvalue weighted by molar-refractivity contribution is 0.0813. The van der Waals surface area contributed by atoms with Gasteiger partial charge in [-0.05, 0) is 38.8 Å². The zero-order valence-electron chi connectivity index (χ0n) is 10.6. The maximum absolute atomic E-state index is 10.3. The zero-order chi connectivity index (χ0) is 12.8. The average Bonchev–Trinajstić information content (AvgIpc) is 3.07. The predicted octanol–water partition coefficient (Wildman–Crippen LogP) is 3.31. The highest BCUT2D eigenvalue weighted by atomic mass is 32.1. The van der Waals surface area contributed by atoms with Gasteiger partial charge in [0.15, 0.2) is 0 Å². The van der Waals surface area contributed by atoms with E-state index in [-0.39, 0.29) is 0 Å². The molecule has 1 saturated carbocycles. The molecular weight excluding hydrogens is 244 g/mol. The predicted molar refractivity (Wildman–Crippen MR) is 72.6 cm³/mol. The largest absolute Gasteiger partial charge is 0.385 e. The van der Waals surface area contributed by atoms with Crippen LogP contribution in [0.3, 0.4) is 0 Å². The van der Waals surface area contributed by atoms with Crippen molar-refractivity contribution in [3.63, 3.8) is 0 Å². The van der Waals surface area contributed by atoms with Gasteiger partial charge >= 0.3 is 0 Å². The summed E-state index contributed by atoms with van der Waals surface area (Å²) in [6, 6.07) is 3.92. The normalized spacial score (nSPS) is 15.9. The van der Waals surface area contributed by atoms with Crippen LogP contribution in [0, 0.1) is 0 Å². The van der Waals surface area contributed by atoms with Crippen molar-refractivity contribution in [3.8, 4) is 10.6 Å². The molecule has 0 saturated heterocycles. The summed E-state index contributed by atoms with van der Waals surface area (Å²) < 4.78 is 0. The Bertz CT molecular complexity index is 553. The summed E-state index contributed by atoms with van der Waals surface area (Å²) in [6.45, 7) is 3.67. The standard InChI is InChI=1S/C14H16N2OS/c1-14(2,17)12-11(9-5-6-9)16-13(18-12)10-4-3-7-15-8-10/h3-4,7-9,17H,5-6H2,1-2H3. The molecule has 3 rings (SSSR count). The molecule has 1 aliphatic rings. The molecule has 3 nitrogen and oxygen atoms in total.